The highest BCUT2D eigenvalue weighted by Gasteiger charge is 2.42. The van der Waals surface area contributed by atoms with Crippen molar-refractivity contribution in [2.24, 2.45) is 0 Å². The fraction of sp³-hybridized carbons (Fsp3) is 0.267. The molecule has 0 saturated heterocycles. The van der Waals surface area contributed by atoms with Crippen molar-refractivity contribution in [3.63, 3.8) is 0 Å². The summed E-state index contributed by atoms with van der Waals surface area (Å²) in [6.45, 7) is 6.16. The number of carbonyl (C=O) groups excluding carboxylic acids is 2. The van der Waals surface area contributed by atoms with Crippen LogP contribution in [0.5, 0.6) is 0 Å². The van der Waals surface area contributed by atoms with Crippen LogP contribution in [0.2, 0.25) is 0 Å². The maximum atomic E-state index is 13.7. The van der Waals surface area contributed by atoms with Crippen molar-refractivity contribution in [1.82, 2.24) is 0 Å². The molecule has 0 radical (unpaired) electrons. The Morgan fingerprint density at radius 3 is 2.09 bits per heavy atom. The Kier molecular flexibility index (Phi) is 5.49. The summed E-state index contributed by atoms with van der Waals surface area (Å²) in [6.07, 6.45) is 1.49. The third-order valence-corrected chi connectivity index (χ3v) is 6.91. The zero-order valence-corrected chi connectivity index (χ0v) is 19.5. The molecule has 0 N–H and O–H groups in total. The fourth-order valence-electron chi connectivity index (χ4n) is 5.55. The highest BCUT2D eigenvalue weighted by molar-refractivity contribution is 6.08. The van der Waals surface area contributed by atoms with Crippen LogP contribution in [0.15, 0.2) is 84.1 Å². The number of amides is 1. The monoisotopic (exact) mass is 435 g/mol. The molecular weight excluding hydrogens is 406 g/mol. The molecule has 2 unspecified atom stereocenters. The van der Waals surface area contributed by atoms with E-state index in [-0.39, 0.29) is 23.5 Å². The molecule has 3 aromatic carbocycles. The van der Waals surface area contributed by atoms with Crippen LogP contribution in [0, 0.1) is 20.8 Å². The molecule has 0 saturated carbocycles. The van der Waals surface area contributed by atoms with Gasteiger partial charge in [-0.1, -0.05) is 66.2 Å². The fourth-order valence-corrected chi connectivity index (χ4v) is 5.55. The first-order chi connectivity index (χ1) is 15.9. The van der Waals surface area contributed by atoms with Crippen molar-refractivity contribution < 1.29 is 9.59 Å². The van der Waals surface area contributed by atoms with E-state index in [1.54, 1.807) is 0 Å². The van der Waals surface area contributed by atoms with Crippen LogP contribution in [-0.2, 0) is 9.59 Å². The van der Waals surface area contributed by atoms with Gasteiger partial charge in [-0.25, -0.2) is 0 Å². The molecule has 0 aromatic heterocycles. The molecule has 0 bridgehead atoms. The van der Waals surface area contributed by atoms with Crippen LogP contribution >= 0.6 is 0 Å². The minimum atomic E-state index is -0.182. The normalized spacial score (nSPS) is 20.8. The number of aryl methyl sites for hydroxylation is 3. The zero-order chi connectivity index (χ0) is 23.1. The first-order valence-corrected chi connectivity index (χ1v) is 11.7. The Hall–Kier alpha value is -3.46. The van der Waals surface area contributed by atoms with E-state index in [1.165, 1.54) is 0 Å². The Bertz CT molecular complexity index is 1250. The van der Waals surface area contributed by atoms with Crippen molar-refractivity contribution in [2.75, 3.05) is 4.90 Å². The van der Waals surface area contributed by atoms with Gasteiger partial charge >= 0.3 is 0 Å². The molecule has 3 nitrogen and oxygen atoms in total. The number of rotatable bonds is 3. The van der Waals surface area contributed by atoms with Gasteiger partial charge in [0, 0.05) is 35.7 Å². The number of hydrogen-bond donors (Lipinski definition) is 0. The second-order valence-electron chi connectivity index (χ2n) is 9.55. The van der Waals surface area contributed by atoms with Gasteiger partial charge in [-0.15, -0.1) is 0 Å². The van der Waals surface area contributed by atoms with Gasteiger partial charge < -0.3 is 0 Å². The highest BCUT2D eigenvalue weighted by atomic mass is 16.2. The lowest BCUT2D eigenvalue weighted by Gasteiger charge is -2.40. The maximum absolute atomic E-state index is 13.7. The Balaban J connectivity index is 1.68. The Labute approximate surface area is 195 Å². The van der Waals surface area contributed by atoms with Gasteiger partial charge in [0.15, 0.2) is 5.78 Å². The summed E-state index contributed by atoms with van der Waals surface area (Å²) in [5.74, 6) is 0.124. The first-order valence-electron chi connectivity index (χ1n) is 11.7. The van der Waals surface area contributed by atoms with Crippen molar-refractivity contribution in [1.29, 1.82) is 0 Å². The highest BCUT2D eigenvalue weighted by Crippen LogP contribution is 2.47. The van der Waals surface area contributed by atoms with Crippen molar-refractivity contribution in [2.45, 2.75) is 51.9 Å². The summed E-state index contributed by atoms with van der Waals surface area (Å²) in [5.41, 5.74) is 8.16. The summed E-state index contributed by atoms with van der Waals surface area (Å²) >= 11 is 0. The Morgan fingerprint density at radius 2 is 1.39 bits per heavy atom. The number of Topliss-reactive ketones (excluding diaryl/α,β-unsaturated/α-hetero) is 1. The smallest absolute Gasteiger partial charge is 0.232 e. The van der Waals surface area contributed by atoms with Crippen LogP contribution in [0.25, 0.3) is 0 Å². The first kappa shape index (κ1) is 21.4. The summed E-state index contributed by atoms with van der Waals surface area (Å²) in [6, 6.07) is 24.7. The van der Waals surface area contributed by atoms with Crippen LogP contribution in [0.1, 0.15) is 58.9 Å². The van der Waals surface area contributed by atoms with E-state index in [4.69, 9.17) is 0 Å². The summed E-state index contributed by atoms with van der Waals surface area (Å²) in [7, 11) is 0. The van der Waals surface area contributed by atoms with Gasteiger partial charge in [0.05, 0.1) is 0 Å². The van der Waals surface area contributed by atoms with E-state index in [1.807, 2.05) is 29.2 Å². The molecule has 0 spiro atoms. The molecule has 3 aromatic rings. The number of allylic oxidation sites excluding steroid dienone is 2. The predicted octanol–water partition coefficient (Wildman–Crippen LogP) is 6.53. The molecule has 3 heteroatoms. The van der Waals surface area contributed by atoms with Crippen molar-refractivity contribution in [3.8, 4) is 0 Å². The van der Waals surface area contributed by atoms with E-state index in [9.17, 15) is 9.59 Å². The van der Waals surface area contributed by atoms with Gasteiger partial charge in [-0.2, -0.15) is 0 Å². The predicted molar refractivity (Wildman–Crippen MR) is 132 cm³/mol. The number of hydrogen-bond acceptors (Lipinski definition) is 2. The van der Waals surface area contributed by atoms with Crippen molar-refractivity contribution in [3.05, 3.63) is 112 Å². The molecule has 5 rings (SSSR count). The van der Waals surface area contributed by atoms with E-state index in [2.05, 4.69) is 69.3 Å². The third-order valence-electron chi connectivity index (χ3n) is 6.91. The quantitative estimate of drug-likeness (QED) is 0.469. The Morgan fingerprint density at radius 1 is 0.697 bits per heavy atom. The minimum absolute atomic E-state index is 0.0618. The maximum Gasteiger partial charge on any atom is 0.232 e. The van der Waals surface area contributed by atoms with Gasteiger partial charge in [0.2, 0.25) is 5.91 Å². The lowest BCUT2D eigenvalue weighted by atomic mass is 9.72. The van der Waals surface area contributed by atoms with E-state index in [0.29, 0.717) is 19.3 Å². The van der Waals surface area contributed by atoms with Gasteiger partial charge in [0.25, 0.3) is 0 Å². The lowest BCUT2D eigenvalue weighted by Crippen LogP contribution is -2.41. The van der Waals surface area contributed by atoms with Crippen molar-refractivity contribution >= 4 is 17.4 Å². The molecule has 2 aliphatic rings. The van der Waals surface area contributed by atoms with Crippen LogP contribution in [0.4, 0.5) is 5.69 Å². The number of nitrogens with zero attached hydrogens (tertiary/aromatic N) is 1. The van der Waals surface area contributed by atoms with Gasteiger partial charge in [0.1, 0.15) is 0 Å². The largest absolute Gasteiger partial charge is 0.294 e. The number of carbonyl (C=O) groups is 2. The molecule has 1 aliphatic carbocycles. The molecule has 1 heterocycles. The molecule has 1 amide bonds. The SMILES string of the molecule is Cc1cccc(C2CC(=O)N(c3cc(C)cc(C)c3)C3=C2C(=O)CC(c2ccccc2)C3)c1. The average Bonchev–Trinajstić information content (AvgIpc) is 2.78. The molecule has 0 fully saturated rings. The second kappa shape index (κ2) is 8.47. The molecule has 2 atom stereocenters. The van der Waals surface area contributed by atoms with Crippen LogP contribution in [-0.4, -0.2) is 11.7 Å². The molecule has 33 heavy (non-hydrogen) atoms. The minimum Gasteiger partial charge on any atom is -0.294 e. The molecule has 1 aliphatic heterocycles. The lowest BCUT2D eigenvalue weighted by molar-refractivity contribution is -0.120. The summed E-state index contributed by atoms with van der Waals surface area (Å²) < 4.78 is 0. The summed E-state index contributed by atoms with van der Waals surface area (Å²) in [4.78, 5) is 29.2. The molecular formula is C30H29NO2. The van der Waals surface area contributed by atoms with Gasteiger partial charge in [-0.3, -0.25) is 14.5 Å². The van der Waals surface area contributed by atoms with Crippen LogP contribution in [0.3, 0.4) is 0 Å². The number of benzene rings is 3. The van der Waals surface area contributed by atoms with E-state index in [0.717, 1.165) is 44.8 Å². The summed E-state index contributed by atoms with van der Waals surface area (Å²) in [5, 5.41) is 0. The number of ketones is 1. The number of anilines is 1. The van der Waals surface area contributed by atoms with E-state index >= 15 is 0 Å². The second-order valence-corrected chi connectivity index (χ2v) is 9.55. The molecule has 166 valence electrons. The van der Waals surface area contributed by atoms with Gasteiger partial charge in [-0.05, 0) is 67.5 Å². The third kappa shape index (κ3) is 4.04. The van der Waals surface area contributed by atoms with Crippen LogP contribution < -0.4 is 4.90 Å². The topological polar surface area (TPSA) is 37.4 Å². The standard InChI is InChI=1S/C30H29NO2/c1-19-8-7-11-23(13-19)26-18-29(33)31(25-14-20(2)12-21(3)15-25)27-16-24(17-28(32)30(26)27)22-9-5-4-6-10-22/h4-15,24,26H,16-18H2,1-3H3. The van der Waals surface area contributed by atoms with E-state index < -0.39 is 0 Å². The average molecular weight is 436 g/mol. The zero-order valence-electron chi connectivity index (χ0n) is 19.5.